The maximum absolute atomic E-state index is 11.3. The van der Waals surface area contributed by atoms with Crippen LogP contribution in [0.15, 0.2) is 0 Å². The van der Waals surface area contributed by atoms with Crippen LogP contribution in [0.1, 0.15) is 27.2 Å². The minimum absolute atomic E-state index is 0.0633. The summed E-state index contributed by atoms with van der Waals surface area (Å²) in [5, 5.41) is 3.25. The Balaban J connectivity index is 2.06. The summed E-state index contributed by atoms with van der Waals surface area (Å²) in [4.78, 5) is 11.3. The highest BCUT2D eigenvalue weighted by molar-refractivity contribution is 5.71. The van der Waals surface area contributed by atoms with Gasteiger partial charge in [-0.2, -0.15) is 0 Å². The van der Waals surface area contributed by atoms with Gasteiger partial charge in [0.1, 0.15) is 12.2 Å². The van der Waals surface area contributed by atoms with E-state index < -0.39 is 5.60 Å². The van der Waals surface area contributed by atoms with E-state index in [0.717, 1.165) is 19.5 Å². The van der Waals surface area contributed by atoms with Gasteiger partial charge in [0.05, 0.1) is 6.61 Å². The van der Waals surface area contributed by atoms with Crippen LogP contribution in [0.3, 0.4) is 0 Å². The normalized spacial score (nSPS) is 21.7. The lowest BCUT2D eigenvalue weighted by atomic mass is 10.1. The third-order valence-corrected chi connectivity index (χ3v) is 2.16. The van der Waals surface area contributed by atoms with Gasteiger partial charge in [0.25, 0.3) is 0 Å². The molecule has 1 N–H and O–H groups in total. The lowest BCUT2D eigenvalue weighted by Crippen LogP contribution is -2.27. The molecule has 15 heavy (non-hydrogen) atoms. The van der Waals surface area contributed by atoms with Crippen LogP contribution >= 0.6 is 0 Å². The zero-order valence-corrected chi connectivity index (χ0v) is 9.84. The number of hydrogen-bond donors (Lipinski definition) is 1. The zero-order chi connectivity index (χ0) is 11.3. The smallest absolute Gasteiger partial charge is 0.332 e. The third kappa shape index (κ3) is 5.74. The summed E-state index contributed by atoms with van der Waals surface area (Å²) in [6.07, 6.45) is 1.13. The van der Waals surface area contributed by atoms with Crippen molar-refractivity contribution in [3.8, 4) is 0 Å². The van der Waals surface area contributed by atoms with Gasteiger partial charge in [-0.25, -0.2) is 4.79 Å². The number of esters is 1. The predicted molar refractivity (Wildman–Crippen MR) is 57.6 cm³/mol. The molecule has 0 aromatic rings. The van der Waals surface area contributed by atoms with Crippen molar-refractivity contribution in [2.75, 3.05) is 26.3 Å². The van der Waals surface area contributed by atoms with Gasteiger partial charge in [-0.1, -0.05) is 0 Å². The Morgan fingerprint density at radius 2 is 2.20 bits per heavy atom. The van der Waals surface area contributed by atoms with Crippen molar-refractivity contribution in [3.63, 3.8) is 0 Å². The summed E-state index contributed by atoms with van der Waals surface area (Å²) in [6.45, 7) is 8.32. The molecule has 88 valence electrons. The molecule has 1 fully saturated rings. The number of ether oxygens (including phenoxy) is 2. The second kappa shape index (κ2) is 5.47. The Kier molecular flexibility index (Phi) is 4.54. The van der Waals surface area contributed by atoms with Crippen LogP contribution in [-0.4, -0.2) is 37.9 Å². The fraction of sp³-hybridized carbons (Fsp3) is 0.909. The summed E-state index contributed by atoms with van der Waals surface area (Å²) in [5.74, 6) is 0.265. The fourth-order valence-corrected chi connectivity index (χ4v) is 1.54. The van der Waals surface area contributed by atoms with Crippen molar-refractivity contribution < 1.29 is 14.3 Å². The quantitative estimate of drug-likeness (QED) is 0.709. The molecule has 1 atom stereocenters. The molecule has 0 amide bonds. The summed E-state index contributed by atoms with van der Waals surface area (Å²) >= 11 is 0. The van der Waals surface area contributed by atoms with E-state index in [-0.39, 0.29) is 12.6 Å². The highest BCUT2D eigenvalue weighted by Crippen LogP contribution is 2.09. The van der Waals surface area contributed by atoms with Gasteiger partial charge in [0, 0.05) is 6.54 Å². The molecule has 0 unspecified atom stereocenters. The number of carbonyl (C=O) groups excluding carboxylic acids is 1. The first-order valence-electron chi connectivity index (χ1n) is 5.48. The van der Waals surface area contributed by atoms with Gasteiger partial charge in [0.15, 0.2) is 0 Å². The second-order valence-electron chi connectivity index (χ2n) is 4.96. The van der Waals surface area contributed by atoms with Gasteiger partial charge < -0.3 is 14.8 Å². The zero-order valence-electron chi connectivity index (χ0n) is 9.84. The van der Waals surface area contributed by atoms with E-state index in [0.29, 0.717) is 12.5 Å². The topological polar surface area (TPSA) is 47.6 Å². The first kappa shape index (κ1) is 12.5. The van der Waals surface area contributed by atoms with E-state index >= 15 is 0 Å². The van der Waals surface area contributed by atoms with Crippen LogP contribution in [0, 0.1) is 5.92 Å². The van der Waals surface area contributed by atoms with Crippen LogP contribution in [0.25, 0.3) is 0 Å². The number of nitrogens with one attached hydrogen (secondary N) is 1. The maximum atomic E-state index is 11.3. The van der Waals surface area contributed by atoms with Crippen molar-refractivity contribution in [2.45, 2.75) is 32.8 Å². The minimum atomic E-state index is -0.421. The molecular formula is C11H21NO3. The minimum Gasteiger partial charge on any atom is -0.458 e. The Hall–Kier alpha value is -0.610. The number of rotatable bonds is 4. The van der Waals surface area contributed by atoms with Crippen molar-refractivity contribution in [1.82, 2.24) is 5.32 Å². The van der Waals surface area contributed by atoms with E-state index in [9.17, 15) is 4.79 Å². The average molecular weight is 215 g/mol. The molecule has 0 aliphatic carbocycles. The molecule has 1 heterocycles. The standard InChI is InChI=1S/C11H21NO3/c1-11(2,3)15-10(13)8-14-7-9-4-5-12-6-9/h9,12H,4-8H2,1-3H3/t9-/m1/s1. The van der Waals surface area contributed by atoms with Gasteiger partial charge in [0.2, 0.25) is 0 Å². The van der Waals surface area contributed by atoms with Gasteiger partial charge in [-0.3, -0.25) is 0 Å². The molecule has 0 spiro atoms. The molecule has 0 saturated carbocycles. The third-order valence-electron chi connectivity index (χ3n) is 2.16. The molecule has 1 rings (SSSR count). The van der Waals surface area contributed by atoms with E-state index in [1.807, 2.05) is 20.8 Å². The molecule has 4 heteroatoms. The van der Waals surface area contributed by atoms with Crippen LogP contribution in [0.5, 0.6) is 0 Å². The Bertz CT molecular complexity index is 204. The second-order valence-corrected chi connectivity index (χ2v) is 4.96. The first-order valence-corrected chi connectivity index (χ1v) is 5.48. The molecule has 1 aliphatic heterocycles. The van der Waals surface area contributed by atoms with Crippen LogP contribution in [0.2, 0.25) is 0 Å². The summed E-state index contributed by atoms with van der Waals surface area (Å²) < 4.78 is 10.4. The van der Waals surface area contributed by atoms with E-state index in [1.54, 1.807) is 0 Å². The van der Waals surface area contributed by atoms with E-state index in [2.05, 4.69) is 5.32 Å². The van der Waals surface area contributed by atoms with Crippen molar-refractivity contribution in [3.05, 3.63) is 0 Å². The van der Waals surface area contributed by atoms with Crippen molar-refractivity contribution in [2.24, 2.45) is 5.92 Å². The molecule has 0 bridgehead atoms. The highest BCUT2D eigenvalue weighted by atomic mass is 16.6. The largest absolute Gasteiger partial charge is 0.458 e. The van der Waals surface area contributed by atoms with Crippen LogP contribution < -0.4 is 5.32 Å². The lowest BCUT2D eigenvalue weighted by molar-refractivity contribution is -0.160. The molecule has 0 radical (unpaired) electrons. The first-order chi connectivity index (χ1) is 6.97. The average Bonchev–Trinajstić information content (AvgIpc) is 2.53. The van der Waals surface area contributed by atoms with Gasteiger partial charge in [-0.15, -0.1) is 0 Å². The van der Waals surface area contributed by atoms with Crippen LogP contribution in [0.4, 0.5) is 0 Å². The Morgan fingerprint density at radius 3 is 2.73 bits per heavy atom. The summed E-state index contributed by atoms with van der Waals surface area (Å²) in [5.41, 5.74) is -0.421. The van der Waals surface area contributed by atoms with Crippen molar-refractivity contribution >= 4 is 5.97 Å². The monoisotopic (exact) mass is 215 g/mol. The SMILES string of the molecule is CC(C)(C)OC(=O)COC[C@@H]1CCNC1. The van der Waals surface area contributed by atoms with E-state index in [1.165, 1.54) is 0 Å². The molecule has 0 aromatic carbocycles. The fourth-order valence-electron chi connectivity index (χ4n) is 1.54. The predicted octanol–water partition coefficient (Wildman–Crippen LogP) is 0.954. The molecule has 0 aromatic heterocycles. The van der Waals surface area contributed by atoms with Gasteiger partial charge >= 0.3 is 5.97 Å². The highest BCUT2D eigenvalue weighted by Gasteiger charge is 2.18. The Labute approximate surface area is 91.3 Å². The number of carbonyl (C=O) groups is 1. The van der Waals surface area contributed by atoms with Crippen molar-refractivity contribution in [1.29, 1.82) is 0 Å². The van der Waals surface area contributed by atoms with E-state index in [4.69, 9.17) is 9.47 Å². The maximum Gasteiger partial charge on any atom is 0.332 e. The summed E-state index contributed by atoms with van der Waals surface area (Å²) in [7, 11) is 0. The summed E-state index contributed by atoms with van der Waals surface area (Å²) in [6, 6.07) is 0. The molecule has 4 nitrogen and oxygen atoms in total. The van der Waals surface area contributed by atoms with Gasteiger partial charge in [-0.05, 0) is 39.7 Å². The lowest BCUT2D eigenvalue weighted by Gasteiger charge is -2.19. The molecule has 1 aliphatic rings. The Morgan fingerprint density at radius 1 is 1.47 bits per heavy atom. The number of hydrogen-bond acceptors (Lipinski definition) is 4. The molecule has 1 saturated heterocycles. The van der Waals surface area contributed by atoms with Crippen LogP contribution in [-0.2, 0) is 14.3 Å². The molecular weight excluding hydrogens is 194 g/mol.